The minimum atomic E-state index is -0.586. The fourth-order valence-corrected chi connectivity index (χ4v) is 2.85. The third-order valence-corrected chi connectivity index (χ3v) is 4.10. The smallest absolute Gasteiger partial charge is 0.0914 e. The number of rotatable bonds is 6. The van der Waals surface area contributed by atoms with Crippen molar-refractivity contribution in [3.8, 4) is 0 Å². The molecule has 2 N–H and O–H groups in total. The van der Waals surface area contributed by atoms with E-state index in [4.69, 9.17) is 11.6 Å². The molecule has 0 fully saturated rings. The van der Waals surface area contributed by atoms with E-state index in [1.165, 1.54) is 0 Å². The van der Waals surface area contributed by atoms with Crippen LogP contribution in [0.1, 0.15) is 29.0 Å². The number of pyridine rings is 1. The van der Waals surface area contributed by atoms with Crippen LogP contribution in [0.4, 0.5) is 0 Å². The topological polar surface area (TPSA) is 45.1 Å². The third-order valence-electron chi connectivity index (χ3n) is 3.87. The lowest BCUT2D eigenvalue weighted by Gasteiger charge is -2.21. The maximum atomic E-state index is 10.4. The number of halogens is 1. The van der Waals surface area contributed by atoms with Crippen LogP contribution in [0.25, 0.3) is 0 Å². The molecule has 0 saturated heterocycles. The number of hydrogen-bond donors (Lipinski definition) is 2. The Kier molecular flexibility index (Phi) is 5.59. The van der Waals surface area contributed by atoms with Crippen molar-refractivity contribution in [2.24, 2.45) is 0 Å². The molecule has 1 heterocycles. The number of aliphatic hydroxyl groups excluding tert-OH is 1. The molecular weight excluding hydrogens is 320 g/mol. The molecule has 3 nitrogen and oxygen atoms in total. The second-order valence-corrected chi connectivity index (χ2v) is 6.01. The highest BCUT2D eigenvalue weighted by molar-refractivity contribution is 6.30. The average Bonchev–Trinajstić information content (AvgIpc) is 2.63. The van der Waals surface area contributed by atoms with Gasteiger partial charge in [0.25, 0.3) is 0 Å². The van der Waals surface area contributed by atoms with Gasteiger partial charge in [-0.1, -0.05) is 60.1 Å². The fourth-order valence-electron chi connectivity index (χ4n) is 2.65. The van der Waals surface area contributed by atoms with Gasteiger partial charge in [-0.2, -0.15) is 0 Å². The first-order valence-corrected chi connectivity index (χ1v) is 8.24. The lowest BCUT2D eigenvalue weighted by atomic mass is 10.0. The van der Waals surface area contributed by atoms with Crippen LogP contribution < -0.4 is 5.32 Å². The first kappa shape index (κ1) is 16.7. The van der Waals surface area contributed by atoms with Crippen LogP contribution in [0.15, 0.2) is 79.0 Å². The van der Waals surface area contributed by atoms with E-state index in [0.29, 0.717) is 11.6 Å². The fraction of sp³-hybridized carbons (Fsp3) is 0.150. The Morgan fingerprint density at radius 1 is 0.917 bits per heavy atom. The molecule has 0 amide bonds. The molecular formula is C20H19ClN2O. The predicted molar refractivity (Wildman–Crippen MR) is 96.9 cm³/mol. The molecule has 0 spiro atoms. The zero-order valence-electron chi connectivity index (χ0n) is 13.1. The van der Waals surface area contributed by atoms with Crippen molar-refractivity contribution in [1.82, 2.24) is 10.3 Å². The van der Waals surface area contributed by atoms with Crippen molar-refractivity contribution < 1.29 is 5.11 Å². The van der Waals surface area contributed by atoms with Gasteiger partial charge in [0.1, 0.15) is 0 Å². The zero-order valence-corrected chi connectivity index (χ0v) is 13.9. The second kappa shape index (κ2) is 8.06. The van der Waals surface area contributed by atoms with Crippen LogP contribution in [0, 0.1) is 0 Å². The Bertz CT molecular complexity index is 765. The molecule has 2 unspecified atom stereocenters. The van der Waals surface area contributed by atoms with E-state index < -0.39 is 6.10 Å². The molecule has 1 aromatic heterocycles. The van der Waals surface area contributed by atoms with Crippen LogP contribution in [0.3, 0.4) is 0 Å². The highest BCUT2D eigenvalue weighted by Gasteiger charge is 2.17. The summed E-state index contributed by atoms with van der Waals surface area (Å²) in [4.78, 5) is 4.45. The Labute approximate surface area is 147 Å². The van der Waals surface area contributed by atoms with Crippen LogP contribution in [-0.4, -0.2) is 16.6 Å². The second-order valence-electron chi connectivity index (χ2n) is 5.58. The Morgan fingerprint density at radius 3 is 2.38 bits per heavy atom. The van der Waals surface area contributed by atoms with Crippen molar-refractivity contribution in [3.63, 3.8) is 0 Å². The van der Waals surface area contributed by atoms with Gasteiger partial charge < -0.3 is 10.4 Å². The van der Waals surface area contributed by atoms with E-state index in [0.717, 1.165) is 16.8 Å². The Hall–Kier alpha value is -2.20. The van der Waals surface area contributed by atoms with Gasteiger partial charge in [-0.15, -0.1) is 0 Å². The quantitative estimate of drug-likeness (QED) is 0.709. The highest BCUT2D eigenvalue weighted by atomic mass is 35.5. The molecule has 122 valence electrons. The molecule has 0 aliphatic rings. The van der Waals surface area contributed by atoms with E-state index >= 15 is 0 Å². The number of aromatic nitrogens is 1. The Morgan fingerprint density at radius 2 is 1.67 bits per heavy atom. The van der Waals surface area contributed by atoms with Crippen LogP contribution in [-0.2, 0) is 0 Å². The van der Waals surface area contributed by atoms with Gasteiger partial charge in [0.2, 0.25) is 0 Å². The average molecular weight is 339 g/mol. The molecule has 0 saturated carbocycles. The first-order valence-electron chi connectivity index (χ1n) is 7.87. The van der Waals surface area contributed by atoms with Gasteiger partial charge >= 0.3 is 0 Å². The van der Waals surface area contributed by atoms with Crippen molar-refractivity contribution in [1.29, 1.82) is 0 Å². The van der Waals surface area contributed by atoms with Gasteiger partial charge in [-0.3, -0.25) is 4.98 Å². The lowest BCUT2D eigenvalue weighted by Crippen LogP contribution is -2.28. The molecule has 24 heavy (non-hydrogen) atoms. The number of nitrogens with one attached hydrogen (secondary N) is 1. The van der Waals surface area contributed by atoms with Crippen molar-refractivity contribution >= 4 is 11.6 Å². The van der Waals surface area contributed by atoms with Gasteiger partial charge in [-0.25, -0.2) is 0 Å². The Balaban J connectivity index is 1.81. The summed E-state index contributed by atoms with van der Waals surface area (Å²) in [6.45, 7) is 0.414. The lowest BCUT2D eigenvalue weighted by molar-refractivity contribution is 0.171. The van der Waals surface area contributed by atoms with Gasteiger partial charge in [0.15, 0.2) is 0 Å². The van der Waals surface area contributed by atoms with E-state index in [2.05, 4.69) is 10.3 Å². The predicted octanol–water partition coefficient (Wildman–Crippen LogP) is 4.15. The number of benzene rings is 2. The summed E-state index contributed by atoms with van der Waals surface area (Å²) in [5, 5.41) is 14.5. The molecule has 0 bridgehead atoms. The molecule has 4 heteroatoms. The maximum absolute atomic E-state index is 10.4. The minimum Gasteiger partial charge on any atom is -0.387 e. The van der Waals surface area contributed by atoms with Crippen LogP contribution in [0.2, 0.25) is 5.02 Å². The number of nitrogens with zero attached hydrogens (tertiary/aromatic N) is 1. The standard InChI is InChI=1S/C20H19ClN2O/c21-17-10-6-9-16(13-17)20(18-11-4-5-12-22-18)23-14-19(24)15-7-2-1-3-8-15/h1-13,19-20,23-24H,14H2. The van der Waals surface area contributed by atoms with E-state index in [1.54, 1.807) is 6.20 Å². The van der Waals surface area contributed by atoms with Crippen molar-refractivity contribution in [3.05, 3.63) is 101 Å². The van der Waals surface area contributed by atoms with E-state index in [1.807, 2.05) is 72.8 Å². The highest BCUT2D eigenvalue weighted by Crippen LogP contribution is 2.24. The molecule has 3 aromatic rings. The summed E-state index contributed by atoms with van der Waals surface area (Å²) >= 11 is 6.14. The number of hydrogen-bond acceptors (Lipinski definition) is 3. The first-order chi connectivity index (χ1) is 11.7. The normalized spacial score (nSPS) is 13.4. The molecule has 0 aliphatic heterocycles. The van der Waals surface area contributed by atoms with Gasteiger partial charge in [0.05, 0.1) is 17.8 Å². The molecule has 2 atom stereocenters. The summed E-state index contributed by atoms with van der Waals surface area (Å²) in [7, 11) is 0. The minimum absolute atomic E-state index is 0.136. The largest absolute Gasteiger partial charge is 0.387 e. The van der Waals surface area contributed by atoms with Crippen molar-refractivity contribution in [2.75, 3.05) is 6.54 Å². The number of aliphatic hydroxyl groups is 1. The summed E-state index contributed by atoms with van der Waals surface area (Å²) in [5.74, 6) is 0. The van der Waals surface area contributed by atoms with Crippen LogP contribution >= 0.6 is 11.6 Å². The summed E-state index contributed by atoms with van der Waals surface area (Å²) in [6, 6.07) is 23.0. The van der Waals surface area contributed by atoms with Crippen molar-refractivity contribution in [2.45, 2.75) is 12.1 Å². The third kappa shape index (κ3) is 4.20. The molecule has 0 aliphatic carbocycles. The molecule has 0 radical (unpaired) electrons. The SMILES string of the molecule is OC(CNC(c1cccc(Cl)c1)c1ccccn1)c1ccccc1. The summed E-state index contributed by atoms with van der Waals surface area (Å²) in [6.07, 6.45) is 1.18. The molecule has 3 rings (SSSR count). The van der Waals surface area contributed by atoms with E-state index in [9.17, 15) is 5.11 Å². The summed E-state index contributed by atoms with van der Waals surface area (Å²) in [5.41, 5.74) is 2.79. The monoisotopic (exact) mass is 338 g/mol. The van der Waals surface area contributed by atoms with Gasteiger partial charge in [0, 0.05) is 17.8 Å². The van der Waals surface area contributed by atoms with Gasteiger partial charge in [-0.05, 0) is 35.4 Å². The van der Waals surface area contributed by atoms with E-state index in [-0.39, 0.29) is 6.04 Å². The summed E-state index contributed by atoms with van der Waals surface area (Å²) < 4.78 is 0. The zero-order chi connectivity index (χ0) is 16.8. The van der Waals surface area contributed by atoms with Crippen LogP contribution in [0.5, 0.6) is 0 Å². The molecule has 2 aromatic carbocycles. The maximum Gasteiger partial charge on any atom is 0.0914 e.